The zero-order valence-electron chi connectivity index (χ0n) is 20.6. The van der Waals surface area contributed by atoms with Crippen molar-refractivity contribution >= 4 is 16.9 Å². The smallest absolute Gasteiger partial charge is 0.222 e. The van der Waals surface area contributed by atoms with Crippen LogP contribution in [0.3, 0.4) is 0 Å². The maximum atomic E-state index is 13.0. The summed E-state index contributed by atoms with van der Waals surface area (Å²) >= 11 is 0. The fraction of sp³-hybridized carbons (Fsp3) is 0.519. The number of hydrogen-bond acceptors (Lipinski definition) is 3. The van der Waals surface area contributed by atoms with Crippen molar-refractivity contribution in [1.29, 1.82) is 0 Å². The Bertz CT molecular complexity index is 1170. The lowest BCUT2D eigenvalue weighted by atomic mass is 9.91. The Kier molecular flexibility index (Phi) is 6.11. The van der Waals surface area contributed by atoms with Crippen LogP contribution in [0.5, 0.6) is 0 Å². The van der Waals surface area contributed by atoms with Crippen molar-refractivity contribution in [3.63, 3.8) is 0 Å². The molecule has 0 N–H and O–H groups in total. The predicted molar refractivity (Wildman–Crippen MR) is 130 cm³/mol. The summed E-state index contributed by atoms with van der Waals surface area (Å²) in [4.78, 5) is 20.0. The Labute approximate surface area is 191 Å². The van der Waals surface area contributed by atoms with Gasteiger partial charge in [0.25, 0.3) is 0 Å². The minimum atomic E-state index is 0.268. The number of rotatable bonds is 4. The number of aryl methyl sites for hydroxylation is 5. The molecule has 1 aliphatic rings. The van der Waals surface area contributed by atoms with E-state index in [-0.39, 0.29) is 5.91 Å². The third-order valence-corrected chi connectivity index (χ3v) is 7.12. The molecule has 5 nitrogen and oxygen atoms in total. The number of nitrogens with zero attached hydrogens (tertiary/aromatic N) is 4. The van der Waals surface area contributed by atoms with Crippen LogP contribution in [0.15, 0.2) is 18.2 Å². The normalized spacial score (nSPS) is 19.0. The summed E-state index contributed by atoms with van der Waals surface area (Å²) in [6.45, 7) is 16.8. The van der Waals surface area contributed by atoms with E-state index in [9.17, 15) is 4.79 Å². The van der Waals surface area contributed by atoms with Gasteiger partial charge in [-0.2, -0.15) is 5.10 Å². The van der Waals surface area contributed by atoms with Gasteiger partial charge in [-0.15, -0.1) is 0 Å². The van der Waals surface area contributed by atoms with Crippen LogP contribution < -0.4 is 0 Å². The lowest BCUT2D eigenvalue weighted by molar-refractivity contribution is -0.133. The van der Waals surface area contributed by atoms with E-state index in [0.717, 1.165) is 47.6 Å². The van der Waals surface area contributed by atoms with Crippen LogP contribution in [-0.2, 0) is 11.2 Å². The molecule has 4 rings (SSSR count). The van der Waals surface area contributed by atoms with Crippen molar-refractivity contribution in [3.05, 3.63) is 51.8 Å². The Morgan fingerprint density at radius 1 is 1.00 bits per heavy atom. The second-order valence-electron chi connectivity index (χ2n) is 10.0. The molecular weight excluding hydrogens is 396 g/mol. The molecule has 170 valence electrons. The summed E-state index contributed by atoms with van der Waals surface area (Å²) < 4.78 is 1.96. The number of pyridine rings is 1. The van der Waals surface area contributed by atoms with Crippen LogP contribution in [-0.4, -0.2) is 38.7 Å². The molecule has 3 heterocycles. The van der Waals surface area contributed by atoms with E-state index in [0.29, 0.717) is 18.3 Å². The van der Waals surface area contributed by atoms with Gasteiger partial charge < -0.3 is 4.90 Å². The molecule has 0 bridgehead atoms. The summed E-state index contributed by atoms with van der Waals surface area (Å²) in [6, 6.07) is 6.41. The van der Waals surface area contributed by atoms with Crippen LogP contribution in [0.2, 0.25) is 0 Å². The highest BCUT2D eigenvalue weighted by Gasteiger charge is 2.26. The maximum Gasteiger partial charge on any atom is 0.222 e. The topological polar surface area (TPSA) is 51.0 Å². The number of likely N-dealkylation sites (tertiary alicyclic amines) is 1. The molecule has 2 atom stereocenters. The van der Waals surface area contributed by atoms with Crippen molar-refractivity contribution in [2.75, 3.05) is 13.1 Å². The zero-order chi connectivity index (χ0) is 23.2. The Morgan fingerprint density at radius 2 is 1.69 bits per heavy atom. The predicted octanol–water partition coefficient (Wildman–Crippen LogP) is 5.40. The van der Waals surface area contributed by atoms with Crippen molar-refractivity contribution in [2.24, 2.45) is 11.8 Å². The number of benzene rings is 1. The Hall–Kier alpha value is -2.69. The molecule has 0 spiro atoms. The van der Waals surface area contributed by atoms with E-state index in [4.69, 9.17) is 10.1 Å². The van der Waals surface area contributed by atoms with Gasteiger partial charge >= 0.3 is 0 Å². The summed E-state index contributed by atoms with van der Waals surface area (Å²) in [6.07, 6.45) is 2.48. The zero-order valence-corrected chi connectivity index (χ0v) is 20.6. The Morgan fingerprint density at radius 3 is 2.34 bits per heavy atom. The van der Waals surface area contributed by atoms with E-state index in [1.807, 2.05) is 4.68 Å². The van der Waals surface area contributed by atoms with Crippen LogP contribution in [0.25, 0.3) is 16.7 Å². The molecule has 0 saturated carbocycles. The number of carbonyl (C=O) groups excluding carboxylic acids is 1. The molecule has 1 amide bonds. The average molecular weight is 433 g/mol. The molecule has 1 aromatic carbocycles. The monoisotopic (exact) mass is 432 g/mol. The van der Waals surface area contributed by atoms with E-state index < -0.39 is 0 Å². The summed E-state index contributed by atoms with van der Waals surface area (Å²) in [5.41, 5.74) is 8.81. The number of aromatic nitrogens is 3. The van der Waals surface area contributed by atoms with Crippen molar-refractivity contribution < 1.29 is 4.79 Å². The molecule has 32 heavy (non-hydrogen) atoms. The minimum Gasteiger partial charge on any atom is -0.342 e. The molecule has 2 aromatic heterocycles. The van der Waals surface area contributed by atoms with E-state index in [1.54, 1.807) is 0 Å². The summed E-state index contributed by atoms with van der Waals surface area (Å²) in [5, 5.41) is 5.95. The number of carbonyl (C=O) groups is 1. The largest absolute Gasteiger partial charge is 0.342 e. The van der Waals surface area contributed by atoms with Crippen LogP contribution >= 0.6 is 0 Å². The van der Waals surface area contributed by atoms with E-state index >= 15 is 0 Å². The highest BCUT2D eigenvalue weighted by molar-refractivity contribution is 5.85. The summed E-state index contributed by atoms with van der Waals surface area (Å²) in [5.74, 6) is 1.44. The van der Waals surface area contributed by atoms with Gasteiger partial charge in [-0.3, -0.25) is 4.79 Å². The number of fused-ring (bicyclic) bond motifs is 1. The first kappa shape index (κ1) is 22.5. The number of piperidine rings is 1. The van der Waals surface area contributed by atoms with Crippen LogP contribution in [0.4, 0.5) is 0 Å². The standard InChI is InChI=1S/C27H36N4O/c1-16-12-17(2)15-30(14-16)25(32)11-10-24-20(5)26-22(7)29-31(27(26)28-21(24)6)23-9-8-18(3)19(4)13-23/h8-9,13,16-17H,10-12,14-15H2,1-7H3/t16-,17-/m0/s1. The molecule has 1 aliphatic heterocycles. The molecular formula is C27H36N4O. The van der Waals surface area contributed by atoms with E-state index in [1.165, 1.54) is 28.7 Å². The molecule has 1 saturated heterocycles. The number of amides is 1. The Balaban J connectivity index is 1.63. The highest BCUT2D eigenvalue weighted by Crippen LogP contribution is 2.29. The fourth-order valence-electron chi connectivity index (χ4n) is 5.37. The van der Waals surface area contributed by atoms with Gasteiger partial charge in [-0.25, -0.2) is 9.67 Å². The average Bonchev–Trinajstić information content (AvgIpc) is 3.05. The number of hydrogen-bond donors (Lipinski definition) is 0. The van der Waals surface area contributed by atoms with Gasteiger partial charge in [0.15, 0.2) is 5.65 Å². The SMILES string of the molecule is Cc1ccc(-n2nc(C)c3c(C)c(CCC(=O)N4C[C@@H](C)C[C@H](C)C4)c(C)nc32)cc1C. The fourth-order valence-corrected chi connectivity index (χ4v) is 5.37. The van der Waals surface area contributed by atoms with Crippen molar-refractivity contribution in [2.45, 2.75) is 67.7 Å². The van der Waals surface area contributed by atoms with Gasteiger partial charge in [0.2, 0.25) is 5.91 Å². The van der Waals surface area contributed by atoms with Crippen molar-refractivity contribution in [1.82, 2.24) is 19.7 Å². The lowest BCUT2D eigenvalue weighted by Crippen LogP contribution is -2.42. The molecule has 3 aromatic rings. The van der Waals surface area contributed by atoms with Gasteiger partial charge in [0.1, 0.15) is 0 Å². The second kappa shape index (κ2) is 8.68. The third-order valence-electron chi connectivity index (χ3n) is 7.12. The quantitative estimate of drug-likeness (QED) is 0.555. The lowest BCUT2D eigenvalue weighted by Gasteiger charge is -2.35. The maximum absolute atomic E-state index is 13.0. The minimum absolute atomic E-state index is 0.268. The third kappa shape index (κ3) is 4.17. The van der Waals surface area contributed by atoms with Gasteiger partial charge in [0.05, 0.1) is 11.4 Å². The first-order valence-corrected chi connectivity index (χ1v) is 11.9. The van der Waals surface area contributed by atoms with Crippen molar-refractivity contribution in [3.8, 4) is 5.69 Å². The van der Waals surface area contributed by atoms with Crippen LogP contribution in [0.1, 0.15) is 60.3 Å². The molecule has 0 radical (unpaired) electrons. The second-order valence-corrected chi connectivity index (χ2v) is 10.0. The van der Waals surface area contributed by atoms with Crippen LogP contribution in [0, 0.1) is 46.5 Å². The van der Waals surface area contributed by atoms with Gasteiger partial charge in [-0.1, -0.05) is 19.9 Å². The molecule has 5 heteroatoms. The first-order chi connectivity index (χ1) is 15.2. The summed E-state index contributed by atoms with van der Waals surface area (Å²) in [7, 11) is 0. The highest BCUT2D eigenvalue weighted by atomic mass is 16.2. The first-order valence-electron chi connectivity index (χ1n) is 11.9. The van der Waals surface area contributed by atoms with Gasteiger partial charge in [-0.05, 0) is 93.7 Å². The molecule has 0 aliphatic carbocycles. The molecule has 0 unspecified atom stereocenters. The van der Waals surface area contributed by atoms with E-state index in [2.05, 4.69) is 71.6 Å². The molecule has 1 fully saturated rings. The van der Waals surface area contributed by atoms with Gasteiger partial charge in [0, 0.05) is 30.6 Å².